The minimum atomic E-state index is -0.105. The summed E-state index contributed by atoms with van der Waals surface area (Å²) in [5.74, 6) is 1.40. The Labute approximate surface area is 155 Å². The molecule has 1 aromatic rings. The molecule has 1 aromatic carbocycles. The van der Waals surface area contributed by atoms with Gasteiger partial charge in [-0.2, -0.15) is 0 Å². The van der Waals surface area contributed by atoms with Gasteiger partial charge in [0.05, 0.1) is 7.11 Å². The van der Waals surface area contributed by atoms with Crippen molar-refractivity contribution < 1.29 is 14.3 Å². The van der Waals surface area contributed by atoms with Crippen LogP contribution in [-0.2, 0) is 4.79 Å². The molecule has 0 spiro atoms. The van der Waals surface area contributed by atoms with E-state index in [0.717, 1.165) is 12.8 Å². The minimum absolute atomic E-state index is 0.0580. The van der Waals surface area contributed by atoms with Crippen molar-refractivity contribution in [3.05, 3.63) is 36.9 Å². The maximum absolute atomic E-state index is 12.6. The summed E-state index contributed by atoms with van der Waals surface area (Å²) in [5.41, 5.74) is 0.716. The SMILES string of the molecule is C=CCNC(=O)C[C@@H]1CCN(C(=O)Nc2cccc(OC)c2)C[C@H]1CC. The van der Waals surface area contributed by atoms with Crippen molar-refractivity contribution >= 4 is 17.6 Å². The fourth-order valence-electron chi connectivity index (χ4n) is 3.40. The third-order valence-electron chi connectivity index (χ3n) is 4.92. The van der Waals surface area contributed by atoms with E-state index < -0.39 is 0 Å². The van der Waals surface area contributed by atoms with Crippen LogP contribution < -0.4 is 15.4 Å². The number of likely N-dealkylation sites (tertiary alicyclic amines) is 1. The van der Waals surface area contributed by atoms with Crippen molar-refractivity contribution in [1.82, 2.24) is 10.2 Å². The molecule has 3 amide bonds. The van der Waals surface area contributed by atoms with E-state index in [4.69, 9.17) is 4.74 Å². The number of hydrogen-bond acceptors (Lipinski definition) is 3. The second kappa shape index (κ2) is 9.85. The molecule has 0 radical (unpaired) electrons. The first kappa shape index (κ1) is 19.8. The number of anilines is 1. The number of nitrogens with zero attached hydrogens (tertiary/aromatic N) is 1. The summed E-state index contributed by atoms with van der Waals surface area (Å²) < 4.78 is 5.19. The third kappa shape index (κ3) is 5.51. The smallest absolute Gasteiger partial charge is 0.321 e. The molecule has 0 unspecified atom stereocenters. The number of benzene rings is 1. The summed E-state index contributed by atoms with van der Waals surface area (Å²) in [6.45, 7) is 7.55. The number of urea groups is 1. The van der Waals surface area contributed by atoms with Crippen molar-refractivity contribution in [2.75, 3.05) is 32.1 Å². The molecule has 6 heteroatoms. The highest BCUT2D eigenvalue weighted by Gasteiger charge is 2.31. The van der Waals surface area contributed by atoms with Crippen LogP contribution in [-0.4, -0.2) is 43.6 Å². The van der Waals surface area contributed by atoms with Gasteiger partial charge in [-0.05, 0) is 30.4 Å². The molecule has 142 valence electrons. The minimum Gasteiger partial charge on any atom is -0.497 e. The van der Waals surface area contributed by atoms with Crippen LogP contribution in [0.15, 0.2) is 36.9 Å². The van der Waals surface area contributed by atoms with Gasteiger partial charge in [-0.1, -0.05) is 25.5 Å². The third-order valence-corrected chi connectivity index (χ3v) is 4.92. The summed E-state index contributed by atoms with van der Waals surface area (Å²) >= 11 is 0. The number of carbonyl (C=O) groups excluding carboxylic acids is 2. The average Bonchev–Trinajstić information content (AvgIpc) is 2.66. The lowest BCUT2D eigenvalue weighted by Crippen LogP contribution is -2.46. The van der Waals surface area contributed by atoms with Crippen molar-refractivity contribution in [3.63, 3.8) is 0 Å². The van der Waals surface area contributed by atoms with E-state index >= 15 is 0 Å². The summed E-state index contributed by atoms with van der Waals surface area (Å²) in [4.78, 5) is 26.4. The number of rotatable bonds is 7. The zero-order chi connectivity index (χ0) is 18.9. The highest BCUT2D eigenvalue weighted by Crippen LogP contribution is 2.29. The molecule has 0 aromatic heterocycles. The molecule has 6 nitrogen and oxygen atoms in total. The van der Waals surface area contributed by atoms with Gasteiger partial charge in [-0.15, -0.1) is 6.58 Å². The molecular formula is C20H29N3O3. The molecule has 1 aliphatic heterocycles. The lowest BCUT2D eigenvalue weighted by atomic mass is 9.81. The first-order valence-electron chi connectivity index (χ1n) is 9.15. The Kier molecular flexibility index (Phi) is 7.51. The molecule has 26 heavy (non-hydrogen) atoms. The van der Waals surface area contributed by atoms with Gasteiger partial charge in [-0.3, -0.25) is 4.79 Å². The number of nitrogens with one attached hydrogen (secondary N) is 2. The van der Waals surface area contributed by atoms with E-state index in [1.54, 1.807) is 19.3 Å². The molecular weight excluding hydrogens is 330 g/mol. The Morgan fingerprint density at radius 1 is 1.38 bits per heavy atom. The molecule has 1 heterocycles. The zero-order valence-corrected chi connectivity index (χ0v) is 15.7. The first-order valence-corrected chi connectivity index (χ1v) is 9.15. The molecule has 2 N–H and O–H groups in total. The molecule has 0 saturated carbocycles. The predicted molar refractivity (Wildman–Crippen MR) is 103 cm³/mol. The van der Waals surface area contributed by atoms with E-state index in [-0.39, 0.29) is 11.9 Å². The van der Waals surface area contributed by atoms with Crippen molar-refractivity contribution in [1.29, 1.82) is 0 Å². The van der Waals surface area contributed by atoms with E-state index in [1.807, 2.05) is 23.1 Å². The molecule has 0 bridgehead atoms. The number of piperidine rings is 1. The summed E-state index contributed by atoms with van der Waals surface area (Å²) in [6.07, 6.45) is 3.98. The Balaban J connectivity index is 1.91. The van der Waals surface area contributed by atoms with Crippen molar-refractivity contribution in [3.8, 4) is 5.75 Å². The molecule has 1 aliphatic rings. The van der Waals surface area contributed by atoms with Crippen molar-refractivity contribution in [2.45, 2.75) is 26.2 Å². The second-order valence-corrected chi connectivity index (χ2v) is 6.62. The van der Waals surface area contributed by atoms with Crippen LogP contribution in [0.3, 0.4) is 0 Å². The summed E-state index contributed by atoms with van der Waals surface area (Å²) in [6, 6.07) is 7.22. The zero-order valence-electron chi connectivity index (χ0n) is 15.7. The Hall–Kier alpha value is -2.50. The lowest BCUT2D eigenvalue weighted by Gasteiger charge is -2.38. The number of amides is 3. The highest BCUT2D eigenvalue weighted by atomic mass is 16.5. The fourth-order valence-corrected chi connectivity index (χ4v) is 3.40. The Morgan fingerprint density at radius 3 is 2.88 bits per heavy atom. The standard InChI is InChI=1S/C20H29N3O3/c1-4-10-21-19(24)12-16-9-11-23(14-15(16)5-2)20(25)22-17-7-6-8-18(13-17)26-3/h4,6-8,13,15-16H,1,5,9-12,14H2,2-3H3,(H,21,24)(H,22,25)/t15-,16+/m1/s1. The van der Waals surface area contributed by atoms with Crippen LogP contribution in [0.25, 0.3) is 0 Å². The van der Waals surface area contributed by atoms with Crippen LogP contribution in [0, 0.1) is 11.8 Å². The lowest BCUT2D eigenvalue weighted by molar-refractivity contribution is -0.122. The Bertz CT molecular complexity index is 632. The molecule has 2 atom stereocenters. The van der Waals surface area contributed by atoms with Gasteiger partial charge in [0, 0.05) is 37.8 Å². The van der Waals surface area contributed by atoms with E-state index in [2.05, 4.69) is 24.1 Å². The number of hydrogen-bond donors (Lipinski definition) is 2. The summed E-state index contributed by atoms with van der Waals surface area (Å²) in [7, 11) is 1.60. The first-order chi connectivity index (χ1) is 12.6. The van der Waals surface area contributed by atoms with E-state index in [1.165, 1.54) is 0 Å². The van der Waals surface area contributed by atoms with Crippen molar-refractivity contribution in [2.24, 2.45) is 11.8 Å². The van der Waals surface area contributed by atoms with Gasteiger partial charge in [0.25, 0.3) is 0 Å². The average molecular weight is 359 g/mol. The highest BCUT2D eigenvalue weighted by molar-refractivity contribution is 5.89. The van der Waals surface area contributed by atoms with Gasteiger partial charge >= 0.3 is 6.03 Å². The van der Waals surface area contributed by atoms with Gasteiger partial charge in [-0.25, -0.2) is 4.79 Å². The van der Waals surface area contributed by atoms with Crippen LogP contribution in [0.2, 0.25) is 0 Å². The quantitative estimate of drug-likeness (QED) is 0.734. The number of carbonyl (C=O) groups is 2. The second-order valence-electron chi connectivity index (χ2n) is 6.62. The Morgan fingerprint density at radius 2 is 2.19 bits per heavy atom. The maximum atomic E-state index is 12.6. The molecule has 1 saturated heterocycles. The van der Waals surface area contributed by atoms with E-state index in [0.29, 0.717) is 49.3 Å². The monoisotopic (exact) mass is 359 g/mol. The summed E-state index contributed by atoms with van der Waals surface area (Å²) in [5, 5.41) is 5.77. The maximum Gasteiger partial charge on any atom is 0.321 e. The van der Waals surface area contributed by atoms with Gasteiger partial charge in [0.15, 0.2) is 0 Å². The van der Waals surface area contributed by atoms with E-state index in [9.17, 15) is 9.59 Å². The van der Waals surface area contributed by atoms with Gasteiger partial charge < -0.3 is 20.3 Å². The molecule has 1 fully saturated rings. The topological polar surface area (TPSA) is 70.7 Å². The van der Waals surface area contributed by atoms with Crippen LogP contribution in [0.5, 0.6) is 5.75 Å². The number of methoxy groups -OCH3 is 1. The molecule has 0 aliphatic carbocycles. The fraction of sp³-hybridized carbons (Fsp3) is 0.500. The normalized spacial score (nSPS) is 19.5. The van der Waals surface area contributed by atoms with Crippen LogP contribution in [0.4, 0.5) is 10.5 Å². The van der Waals surface area contributed by atoms with Crippen LogP contribution >= 0.6 is 0 Å². The van der Waals surface area contributed by atoms with Crippen LogP contribution in [0.1, 0.15) is 26.2 Å². The molecule has 2 rings (SSSR count). The number of ether oxygens (including phenoxy) is 1. The van der Waals surface area contributed by atoms with Gasteiger partial charge in [0.1, 0.15) is 5.75 Å². The predicted octanol–water partition coefficient (Wildman–Crippen LogP) is 3.27. The largest absolute Gasteiger partial charge is 0.497 e. The van der Waals surface area contributed by atoms with Gasteiger partial charge in [0.2, 0.25) is 5.91 Å².